The second kappa shape index (κ2) is 13.2. The zero-order valence-corrected chi connectivity index (χ0v) is 30.8. The molecule has 0 bridgehead atoms. The van der Waals surface area contributed by atoms with Gasteiger partial charge < -0.3 is 14.7 Å². The molecular formula is C31H40BrFN4O6S2Si. The molecular weight excluding hydrogens is 715 g/mol. The monoisotopic (exact) mass is 754 g/mol. The van der Waals surface area contributed by atoms with Crippen LogP contribution in [0.3, 0.4) is 0 Å². The molecule has 10 nitrogen and oxygen atoms in total. The van der Waals surface area contributed by atoms with Crippen molar-refractivity contribution >= 4 is 63.1 Å². The summed E-state index contributed by atoms with van der Waals surface area (Å²) in [5, 5.41) is 12.3. The maximum Gasteiger partial charge on any atom is 0.335 e. The summed E-state index contributed by atoms with van der Waals surface area (Å²) < 4.78 is 48.7. The molecule has 1 atom stereocenters. The molecule has 2 fully saturated rings. The van der Waals surface area contributed by atoms with Gasteiger partial charge >= 0.3 is 11.9 Å². The third-order valence-electron chi connectivity index (χ3n) is 9.15. The average molecular weight is 756 g/mol. The molecule has 1 aliphatic carbocycles. The number of nitrogens with zero attached hydrogens (tertiary/aromatic N) is 4. The molecule has 250 valence electrons. The number of allylic oxidation sites excluding steroid dienone is 1. The Morgan fingerprint density at radius 2 is 1.89 bits per heavy atom. The predicted molar refractivity (Wildman–Crippen MR) is 181 cm³/mol. The summed E-state index contributed by atoms with van der Waals surface area (Å²) in [4.78, 5) is 36.7. The molecule has 5 rings (SSSR count). The molecule has 0 radical (unpaired) electrons. The normalized spacial score (nSPS) is 24.8. The summed E-state index contributed by atoms with van der Waals surface area (Å²) >= 11 is 4.77. The lowest BCUT2D eigenvalue weighted by atomic mass is 9.70. The number of aromatic nitrogens is 1. The number of halogens is 2. The van der Waals surface area contributed by atoms with Crippen LogP contribution in [0.5, 0.6) is 0 Å². The highest BCUT2D eigenvalue weighted by Crippen LogP contribution is 2.47. The van der Waals surface area contributed by atoms with Crippen LogP contribution in [0, 0.1) is 17.2 Å². The fraction of sp³-hybridized carbons (Fsp3) is 0.548. The Bertz CT molecular complexity index is 1660. The van der Waals surface area contributed by atoms with Gasteiger partial charge in [-0.3, -0.25) is 9.79 Å². The number of sulfonamides is 1. The molecule has 3 heterocycles. The lowest BCUT2D eigenvalue weighted by molar-refractivity contribution is -0.159. The average Bonchev–Trinajstić information content (AvgIpc) is 3.49. The maximum absolute atomic E-state index is 14.0. The second-order valence-electron chi connectivity index (χ2n) is 13.8. The standard InChI is InChI=1S/C31H40BrFN4O6S2Si/c1-31(30(40)43-13-15-46(3,4)5)17-21(18-31)45(41,42)37-11-8-19(9-12-37)26-24(29(38)39)25(22-7-6-20(33)16-23(22)32)35-27(36(26)2)28-34-10-14-44-28/h6-7,10,14,16,19,21,25H,8-9,11-13,15,17-18H2,1-5H3,(H,38,39). The molecule has 15 heteroatoms. The Balaban J connectivity index is 1.34. The smallest absolute Gasteiger partial charge is 0.335 e. The number of aliphatic imine (C=N–C) groups is 1. The van der Waals surface area contributed by atoms with Crippen molar-refractivity contribution in [2.45, 2.75) is 69.6 Å². The van der Waals surface area contributed by atoms with E-state index in [9.17, 15) is 27.5 Å². The van der Waals surface area contributed by atoms with E-state index in [1.807, 2.05) is 5.38 Å². The predicted octanol–water partition coefficient (Wildman–Crippen LogP) is 5.91. The highest BCUT2D eigenvalue weighted by Gasteiger charge is 2.54. The van der Waals surface area contributed by atoms with Crippen molar-refractivity contribution in [2.75, 3.05) is 26.7 Å². The quantitative estimate of drug-likeness (QED) is 0.234. The number of amidine groups is 1. The minimum absolute atomic E-state index is 0.0684. The molecule has 46 heavy (non-hydrogen) atoms. The summed E-state index contributed by atoms with van der Waals surface area (Å²) in [6.45, 7) is 9.21. The Hall–Kier alpha value is -2.46. The van der Waals surface area contributed by atoms with Crippen molar-refractivity contribution in [3.8, 4) is 0 Å². The van der Waals surface area contributed by atoms with E-state index in [2.05, 4.69) is 40.6 Å². The van der Waals surface area contributed by atoms with E-state index in [1.165, 1.54) is 33.8 Å². The van der Waals surface area contributed by atoms with Crippen molar-refractivity contribution in [1.29, 1.82) is 0 Å². The molecule has 3 aliphatic rings. The van der Waals surface area contributed by atoms with Crippen molar-refractivity contribution in [3.63, 3.8) is 0 Å². The molecule has 0 spiro atoms. The molecule has 1 aromatic heterocycles. The summed E-state index contributed by atoms with van der Waals surface area (Å²) in [5.41, 5.74) is 0.309. The van der Waals surface area contributed by atoms with E-state index in [1.54, 1.807) is 25.1 Å². The second-order valence-corrected chi connectivity index (χ2v) is 23.4. The fourth-order valence-electron chi connectivity index (χ4n) is 6.45. The Labute approximate surface area is 282 Å². The highest BCUT2D eigenvalue weighted by atomic mass is 79.9. The van der Waals surface area contributed by atoms with Gasteiger partial charge in [-0.1, -0.05) is 41.6 Å². The first kappa shape index (κ1) is 34.9. The minimum atomic E-state index is -3.67. The maximum atomic E-state index is 14.0. The van der Waals surface area contributed by atoms with Crippen LogP contribution in [0.25, 0.3) is 0 Å². The number of piperidine rings is 1. The number of carboxylic acids is 1. The number of hydrogen-bond acceptors (Lipinski definition) is 9. The number of rotatable bonds is 10. The van der Waals surface area contributed by atoms with Crippen molar-refractivity contribution < 1.29 is 32.2 Å². The number of benzene rings is 1. The van der Waals surface area contributed by atoms with E-state index in [0.29, 0.717) is 46.0 Å². The van der Waals surface area contributed by atoms with Gasteiger partial charge in [0.2, 0.25) is 10.0 Å². The van der Waals surface area contributed by atoms with E-state index >= 15 is 0 Å². The number of carbonyl (C=O) groups is 2. The van der Waals surface area contributed by atoms with Crippen LogP contribution in [-0.4, -0.2) is 85.6 Å². The van der Waals surface area contributed by atoms with Crippen LogP contribution >= 0.6 is 27.3 Å². The lowest BCUT2D eigenvalue weighted by Gasteiger charge is -2.45. The third-order valence-corrected chi connectivity index (χ3v) is 14.6. The largest absolute Gasteiger partial charge is 0.478 e. The van der Waals surface area contributed by atoms with Gasteiger partial charge in [-0.25, -0.2) is 26.9 Å². The van der Waals surface area contributed by atoms with E-state index < -0.39 is 46.6 Å². The number of carbonyl (C=O) groups excluding carboxylic acids is 1. The summed E-state index contributed by atoms with van der Waals surface area (Å²) in [7, 11) is -3.27. The molecule has 2 aliphatic heterocycles. The van der Waals surface area contributed by atoms with Crippen molar-refractivity contribution in [1.82, 2.24) is 14.2 Å². The summed E-state index contributed by atoms with van der Waals surface area (Å²) in [6, 6.07) is 4.02. The fourth-order valence-corrected chi connectivity index (χ4v) is 10.7. The van der Waals surface area contributed by atoms with Crippen molar-refractivity contribution in [2.24, 2.45) is 16.3 Å². The zero-order chi connectivity index (χ0) is 33.6. The summed E-state index contributed by atoms with van der Waals surface area (Å²) in [5.74, 6) is -1.72. The molecule has 1 N–H and O–H groups in total. The van der Waals surface area contributed by atoms with Crippen LogP contribution in [0.2, 0.25) is 25.7 Å². The zero-order valence-electron chi connectivity index (χ0n) is 26.6. The van der Waals surface area contributed by atoms with Gasteiger partial charge in [0.15, 0.2) is 10.8 Å². The van der Waals surface area contributed by atoms with Gasteiger partial charge in [-0.05, 0) is 56.3 Å². The first-order valence-electron chi connectivity index (χ1n) is 15.3. The molecule has 0 amide bonds. The first-order chi connectivity index (χ1) is 21.5. The SMILES string of the molecule is CN1C(c2nccs2)=NC(c2ccc(F)cc2Br)C(C(=O)O)=C1C1CCN(S(=O)(=O)C2CC(C)(C(=O)OCC[Si](C)(C)C)C2)CC1. The van der Waals surface area contributed by atoms with Gasteiger partial charge in [-0.15, -0.1) is 11.3 Å². The van der Waals surface area contributed by atoms with Gasteiger partial charge in [0.1, 0.15) is 11.9 Å². The van der Waals surface area contributed by atoms with Gasteiger partial charge in [0.25, 0.3) is 0 Å². The van der Waals surface area contributed by atoms with Gasteiger partial charge in [0, 0.05) is 55.9 Å². The number of carboxylic acid groups (broad SMARTS) is 1. The van der Waals surface area contributed by atoms with E-state index in [0.717, 1.165) is 6.04 Å². The third kappa shape index (κ3) is 7.03. The van der Waals surface area contributed by atoms with Gasteiger partial charge in [0.05, 0.1) is 22.8 Å². The Morgan fingerprint density at radius 1 is 1.22 bits per heavy atom. The lowest BCUT2D eigenvalue weighted by Crippen LogP contribution is -2.54. The van der Waals surface area contributed by atoms with Crippen molar-refractivity contribution in [3.05, 3.63) is 61.9 Å². The highest BCUT2D eigenvalue weighted by molar-refractivity contribution is 9.10. The first-order valence-corrected chi connectivity index (χ1v) is 22.2. The Morgan fingerprint density at radius 3 is 2.46 bits per heavy atom. The molecule has 1 unspecified atom stereocenters. The minimum Gasteiger partial charge on any atom is -0.478 e. The van der Waals surface area contributed by atoms with Crippen LogP contribution in [0.1, 0.15) is 49.2 Å². The number of esters is 1. The van der Waals surface area contributed by atoms with Crippen LogP contribution in [-0.2, 0) is 24.3 Å². The van der Waals surface area contributed by atoms with E-state index in [4.69, 9.17) is 9.73 Å². The van der Waals surface area contributed by atoms with Crippen LogP contribution in [0.15, 0.2) is 50.5 Å². The number of aliphatic carboxylic acids is 1. The molecule has 2 aromatic rings. The number of hydrogen-bond donors (Lipinski definition) is 1. The Kier molecular flexibility index (Phi) is 10.0. The number of thiazole rings is 1. The van der Waals surface area contributed by atoms with Gasteiger partial charge in [-0.2, -0.15) is 0 Å². The van der Waals surface area contributed by atoms with Crippen LogP contribution in [0.4, 0.5) is 4.39 Å². The van der Waals surface area contributed by atoms with E-state index in [-0.39, 0.29) is 43.4 Å². The van der Waals surface area contributed by atoms with Crippen LogP contribution < -0.4 is 0 Å². The summed E-state index contributed by atoms with van der Waals surface area (Å²) in [6.07, 6.45) is 2.90. The molecule has 1 saturated carbocycles. The molecule has 1 saturated heterocycles. The topological polar surface area (TPSA) is 129 Å². The molecule has 1 aromatic carbocycles. The number of ether oxygens (including phenoxy) is 1.